The molecule has 0 unspecified atom stereocenters. The highest BCUT2D eigenvalue weighted by Gasteiger charge is 2.32. The van der Waals surface area contributed by atoms with Crippen molar-refractivity contribution < 1.29 is 36.2 Å². The van der Waals surface area contributed by atoms with Crippen LogP contribution in [0.2, 0.25) is 0 Å². The first-order valence-corrected chi connectivity index (χ1v) is 4.25. The van der Waals surface area contributed by atoms with Crippen LogP contribution in [0.3, 0.4) is 0 Å². The molecule has 0 saturated heterocycles. The molecule has 0 aliphatic rings. The van der Waals surface area contributed by atoms with Gasteiger partial charge in [0.05, 0.1) is 19.8 Å². The zero-order chi connectivity index (χ0) is 12.8. The number of alkyl halides is 6. The molecular formula is C7H11F6NO2. The second-order valence-corrected chi connectivity index (χ2v) is 2.91. The van der Waals surface area contributed by atoms with Gasteiger partial charge in [-0.2, -0.15) is 13.2 Å². The van der Waals surface area contributed by atoms with Gasteiger partial charge in [-0.15, -0.1) is 13.2 Å². The summed E-state index contributed by atoms with van der Waals surface area (Å²) in [6, 6.07) is 0. The lowest BCUT2D eigenvalue weighted by atomic mass is 10.4. The number of aliphatic hydroxyl groups is 1. The molecule has 1 N–H and O–H groups in total. The second kappa shape index (κ2) is 6.26. The molecule has 0 saturated carbocycles. The Morgan fingerprint density at radius 2 is 1.56 bits per heavy atom. The van der Waals surface area contributed by atoms with E-state index in [9.17, 15) is 26.3 Å². The third-order valence-electron chi connectivity index (χ3n) is 1.49. The van der Waals surface area contributed by atoms with Crippen molar-refractivity contribution in [2.75, 3.05) is 32.8 Å². The first kappa shape index (κ1) is 15.5. The van der Waals surface area contributed by atoms with E-state index in [2.05, 4.69) is 4.74 Å². The summed E-state index contributed by atoms with van der Waals surface area (Å²) in [5.41, 5.74) is 0. The predicted molar refractivity (Wildman–Crippen MR) is 41.6 cm³/mol. The van der Waals surface area contributed by atoms with E-state index in [0.717, 1.165) is 0 Å². The Labute approximate surface area is 87.6 Å². The lowest BCUT2D eigenvalue weighted by Gasteiger charge is -2.22. The van der Waals surface area contributed by atoms with Gasteiger partial charge in [0.25, 0.3) is 0 Å². The molecule has 0 spiro atoms. The molecule has 0 aromatic carbocycles. The van der Waals surface area contributed by atoms with E-state index in [1.807, 2.05) is 0 Å². The minimum atomic E-state index is -4.86. The molecule has 0 aliphatic heterocycles. The standard InChI is InChI=1S/C7H11F6NO2/c8-6(9,10)5-14(1-3-15)2-4-16-7(11,12)13/h15H,1-5H2. The van der Waals surface area contributed by atoms with Gasteiger partial charge >= 0.3 is 12.5 Å². The van der Waals surface area contributed by atoms with Gasteiger partial charge in [0.1, 0.15) is 0 Å². The maximum absolute atomic E-state index is 11.9. The fraction of sp³-hybridized carbons (Fsp3) is 1.00. The third-order valence-corrected chi connectivity index (χ3v) is 1.49. The van der Waals surface area contributed by atoms with Crippen LogP contribution < -0.4 is 0 Å². The first-order chi connectivity index (χ1) is 7.14. The zero-order valence-electron chi connectivity index (χ0n) is 8.11. The molecule has 0 aromatic rings. The molecule has 9 heteroatoms. The Morgan fingerprint density at radius 1 is 1.00 bits per heavy atom. The Bertz CT molecular complexity index is 192. The highest BCUT2D eigenvalue weighted by atomic mass is 19.4. The second-order valence-electron chi connectivity index (χ2n) is 2.91. The molecule has 0 radical (unpaired) electrons. The van der Waals surface area contributed by atoms with Crippen molar-refractivity contribution in [1.29, 1.82) is 0 Å². The Balaban J connectivity index is 3.95. The average molecular weight is 255 g/mol. The molecule has 0 aromatic heterocycles. The normalized spacial score (nSPS) is 13.5. The SMILES string of the molecule is OCCN(CCOC(F)(F)F)CC(F)(F)F. The summed E-state index contributed by atoms with van der Waals surface area (Å²) in [7, 11) is 0. The quantitative estimate of drug-likeness (QED) is 0.728. The van der Waals surface area contributed by atoms with Crippen molar-refractivity contribution in [3.05, 3.63) is 0 Å². The van der Waals surface area contributed by atoms with E-state index in [4.69, 9.17) is 5.11 Å². The molecule has 0 amide bonds. The van der Waals surface area contributed by atoms with Crippen molar-refractivity contribution in [3.63, 3.8) is 0 Å². The van der Waals surface area contributed by atoms with Crippen LogP contribution in [0.5, 0.6) is 0 Å². The highest BCUT2D eigenvalue weighted by molar-refractivity contribution is 4.62. The summed E-state index contributed by atoms with van der Waals surface area (Å²) < 4.78 is 73.6. The van der Waals surface area contributed by atoms with Crippen LogP contribution >= 0.6 is 0 Å². The fourth-order valence-corrected chi connectivity index (χ4v) is 0.955. The van der Waals surface area contributed by atoms with Crippen molar-refractivity contribution in [2.45, 2.75) is 12.5 Å². The van der Waals surface area contributed by atoms with Crippen LogP contribution in [0.25, 0.3) is 0 Å². The van der Waals surface area contributed by atoms with Gasteiger partial charge in [-0.25, -0.2) is 0 Å². The van der Waals surface area contributed by atoms with Gasteiger partial charge in [-0.05, 0) is 0 Å². The lowest BCUT2D eigenvalue weighted by Crippen LogP contribution is -2.39. The van der Waals surface area contributed by atoms with Gasteiger partial charge in [0, 0.05) is 13.1 Å². The van der Waals surface area contributed by atoms with Gasteiger partial charge in [0.15, 0.2) is 0 Å². The lowest BCUT2D eigenvalue weighted by molar-refractivity contribution is -0.325. The Morgan fingerprint density at radius 3 is 1.94 bits per heavy atom. The molecule has 0 fully saturated rings. The number of aliphatic hydroxyl groups excluding tert-OH is 1. The molecule has 98 valence electrons. The summed E-state index contributed by atoms with van der Waals surface area (Å²) in [4.78, 5) is 0.631. The number of nitrogens with zero attached hydrogens (tertiary/aromatic N) is 1. The predicted octanol–water partition coefficient (Wildman–Crippen LogP) is 1.38. The largest absolute Gasteiger partial charge is 0.522 e. The Hall–Kier alpha value is -0.540. The van der Waals surface area contributed by atoms with Crippen molar-refractivity contribution in [2.24, 2.45) is 0 Å². The number of ether oxygens (including phenoxy) is 1. The molecule has 0 heterocycles. The van der Waals surface area contributed by atoms with E-state index >= 15 is 0 Å². The summed E-state index contributed by atoms with van der Waals surface area (Å²) in [5.74, 6) is 0. The zero-order valence-corrected chi connectivity index (χ0v) is 8.11. The molecule has 0 atom stereocenters. The average Bonchev–Trinajstić information content (AvgIpc) is 1.98. The van der Waals surface area contributed by atoms with Crippen LogP contribution in [0.4, 0.5) is 26.3 Å². The molecule has 0 bridgehead atoms. The summed E-state index contributed by atoms with van der Waals surface area (Å²) in [5, 5.41) is 8.42. The number of hydrogen-bond acceptors (Lipinski definition) is 3. The van der Waals surface area contributed by atoms with Crippen LogP contribution in [-0.2, 0) is 4.74 Å². The van der Waals surface area contributed by atoms with Crippen molar-refractivity contribution in [3.8, 4) is 0 Å². The topological polar surface area (TPSA) is 32.7 Å². The van der Waals surface area contributed by atoms with E-state index < -0.39 is 38.8 Å². The highest BCUT2D eigenvalue weighted by Crippen LogP contribution is 2.18. The number of halogens is 6. The molecule has 0 rings (SSSR count). The fourth-order valence-electron chi connectivity index (χ4n) is 0.955. The maximum Gasteiger partial charge on any atom is 0.522 e. The maximum atomic E-state index is 11.9. The molecule has 16 heavy (non-hydrogen) atoms. The van der Waals surface area contributed by atoms with Gasteiger partial charge < -0.3 is 5.11 Å². The van der Waals surface area contributed by atoms with E-state index in [1.165, 1.54) is 0 Å². The van der Waals surface area contributed by atoms with Gasteiger partial charge in [-0.1, -0.05) is 0 Å². The van der Waals surface area contributed by atoms with Crippen molar-refractivity contribution >= 4 is 0 Å². The van der Waals surface area contributed by atoms with E-state index in [-0.39, 0.29) is 6.54 Å². The molecule has 3 nitrogen and oxygen atoms in total. The monoisotopic (exact) mass is 255 g/mol. The van der Waals surface area contributed by atoms with Crippen molar-refractivity contribution in [1.82, 2.24) is 4.90 Å². The summed E-state index contributed by atoms with van der Waals surface area (Å²) >= 11 is 0. The van der Waals surface area contributed by atoms with Gasteiger partial charge in [0.2, 0.25) is 0 Å². The minimum absolute atomic E-state index is 0.360. The first-order valence-electron chi connectivity index (χ1n) is 4.25. The smallest absolute Gasteiger partial charge is 0.395 e. The minimum Gasteiger partial charge on any atom is -0.395 e. The summed E-state index contributed by atoms with van der Waals surface area (Å²) in [6.07, 6.45) is -9.38. The molecule has 0 aliphatic carbocycles. The number of rotatable bonds is 6. The van der Waals surface area contributed by atoms with Crippen LogP contribution in [0, 0.1) is 0 Å². The van der Waals surface area contributed by atoms with E-state index in [0.29, 0.717) is 4.90 Å². The van der Waals surface area contributed by atoms with Gasteiger partial charge in [-0.3, -0.25) is 9.64 Å². The van der Waals surface area contributed by atoms with Crippen LogP contribution in [0.15, 0.2) is 0 Å². The number of hydrogen-bond donors (Lipinski definition) is 1. The van der Waals surface area contributed by atoms with Crippen LogP contribution in [0.1, 0.15) is 0 Å². The molecular weight excluding hydrogens is 244 g/mol. The van der Waals surface area contributed by atoms with Crippen LogP contribution in [-0.4, -0.2) is 55.4 Å². The third kappa shape index (κ3) is 9.99. The Kier molecular flexibility index (Phi) is 6.05. The van der Waals surface area contributed by atoms with E-state index in [1.54, 1.807) is 0 Å². The summed E-state index contributed by atoms with van der Waals surface area (Å²) in [6.45, 7) is -3.77.